The molecule has 0 aromatic heterocycles. The average molecular weight is 271 g/mol. The molecule has 0 saturated heterocycles. The third-order valence-electron chi connectivity index (χ3n) is 5.66. The zero-order chi connectivity index (χ0) is 13.7. The van der Waals surface area contributed by atoms with Crippen LogP contribution >= 0.6 is 0 Å². The van der Waals surface area contributed by atoms with Crippen molar-refractivity contribution < 1.29 is 9.90 Å². The Morgan fingerprint density at radius 2 is 2.20 bits per heavy atom. The monoisotopic (exact) mass is 271 g/mol. The van der Waals surface area contributed by atoms with Crippen molar-refractivity contribution in [1.29, 1.82) is 0 Å². The van der Waals surface area contributed by atoms with Crippen LogP contribution in [0.15, 0.2) is 18.2 Å². The molecule has 3 heteroatoms. The molecule has 0 amide bonds. The van der Waals surface area contributed by atoms with Gasteiger partial charge in [-0.05, 0) is 61.1 Å². The number of benzene rings is 1. The molecule has 4 rings (SSSR count). The molecule has 1 N–H and O–H groups in total. The Morgan fingerprint density at radius 1 is 1.30 bits per heavy atom. The van der Waals surface area contributed by atoms with Crippen molar-refractivity contribution >= 4 is 11.7 Å². The highest BCUT2D eigenvalue weighted by molar-refractivity contribution is 5.89. The van der Waals surface area contributed by atoms with Gasteiger partial charge in [-0.2, -0.15) is 0 Å². The molecule has 106 valence electrons. The Kier molecular flexibility index (Phi) is 2.76. The summed E-state index contributed by atoms with van der Waals surface area (Å²) < 4.78 is 0. The molecule has 3 nitrogen and oxygen atoms in total. The lowest BCUT2D eigenvalue weighted by Crippen LogP contribution is -2.30. The lowest BCUT2D eigenvalue weighted by Gasteiger charge is -2.29. The third kappa shape index (κ3) is 1.91. The molecule has 1 heterocycles. The number of anilines is 1. The number of rotatable bonds is 3. The summed E-state index contributed by atoms with van der Waals surface area (Å²) in [5, 5.41) is 9.15. The number of hydrogen-bond donors (Lipinski definition) is 1. The van der Waals surface area contributed by atoms with Gasteiger partial charge in [0.15, 0.2) is 0 Å². The van der Waals surface area contributed by atoms with E-state index in [1.807, 2.05) is 12.1 Å². The summed E-state index contributed by atoms with van der Waals surface area (Å²) in [5.41, 5.74) is 2.91. The van der Waals surface area contributed by atoms with Gasteiger partial charge in [0, 0.05) is 18.8 Å². The minimum absolute atomic E-state index is 0.420. The first kappa shape index (κ1) is 12.2. The van der Waals surface area contributed by atoms with Crippen molar-refractivity contribution in [1.82, 2.24) is 0 Å². The van der Waals surface area contributed by atoms with Gasteiger partial charge in [-0.15, -0.1) is 0 Å². The van der Waals surface area contributed by atoms with Crippen LogP contribution in [0.1, 0.15) is 41.6 Å². The fraction of sp³-hybridized carbons (Fsp3) is 0.588. The number of carboxylic acids is 1. The molecule has 2 fully saturated rings. The van der Waals surface area contributed by atoms with Crippen molar-refractivity contribution in [3.05, 3.63) is 29.3 Å². The van der Waals surface area contributed by atoms with Gasteiger partial charge in [0.1, 0.15) is 0 Å². The summed E-state index contributed by atoms with van der Waals surface area (Å²) in [4.78, 5) is 13.6. The maximum absolute atomic E-state index is 11.1. The van der Waals surface area contributed by atoms with E-state index < -0.39 is 5.97 Å². The van der Waals surface area contributed by atoms with Crippen LogP contribution in [0.3, 0.4) is 0 Å². The number of carboxylic acid groups (broad SMARTS) is 1. The van der Waals surface area contributed by atoms with Gasteiger partial charge in [-0.3, -0.25) is 0 Å². The number of nitrogens with zero attached hydrogens (tertiary/aromatic N) is 1. The topological polar surface area (TPSA) is 40.5 Å². The van der Waals surface area contributed by atoms with Crippen molar-refractivity contribution in [2.75, 3.05) is 18.0 Å². The van der Waals surface area contributed by atoms with Crippen LogP contribution in [0.5, 0.6) is 0 Å². The van der Waals surface area contributed by atoms with Crippen LogP contribution in [0, 0.1) is 17.8 Å². The van der Waals surface area contributed by atoms with Gasteiger partial charge in [-0.25, -0.2) is 4.79 Å². The van der Waals surface area contributed by atoms with E-state index in [-0.39, 0.29) is 0 Å². The van der Waals surface area contributed by atoms with Gasteiger partial charge >= 0.3 is 5.97 Å². The molecule has 3 unspecified atom stereocenters. The summed E-state index contributed by atoms with van der Waals surface area (Å²) in [6.07, 6.45) is 6.78. The lowest BCUT2D eigenvalue weighted by molar-refractivity contribution is 0.0697. The van der Waals surface area contributed by atoms with Gasteiger partial charge in [-0.1, -0.05) is 12.5 Å². The first-order valence-electron chi connectivity index (χ1n) is 7.82. The molecular weight excluding hydrogens is 250 g/mol. The quantitative estimate of drug-likeness (QED) is 0.918. The minimum Gasteiger partial charge on any atom is -0.478 e. The van der Waals surface area contributed by atoms with Crippen LogP contribution in [0.2, 0.25) is 0 Å². The summed E-state index contributed by atoms with van der Waals surface area (Å²) in [6, 6.07) is 5.61. The molecule has 3 atom stereocenters. The normalized spacial score (nSPS) is 30.8. The number of carbonyl (C=O) groups is 1. The fourth-order valence-corrected chi connectivity index (χ4v) is 4.65. The summed E-state index contributed by atoms with van der Waals surface area (Å²) in [5.74, 6) is 1.94. The largest absolute Gasteiger partial charge is 0.478 e. The highest BCUT2D eigenvalue weighted by Gasteiger charge is 2.40. The molecule has 0 spiro atoms. The molecular formula is C17H21NO2. The zero-order valence-corrected chi connectivity index (χ0v) is 11.7. The predicted molar refractivity (Wildman–Crippen MR) is 78.3 cm³/mol. The molecule has 2 aliphatic carbocycles. The SMILES string of the molecule is O=C(O)c1ccc2c(c1)N(CC1CC3CCC1C3)CC2. The second-order valence-electron chi connectivity index (χ2n) is 6.78. The van der Waals surface area contributed by atoms with Crippen molar-refractivity contribution in [3.8, 4) is 0 Å². The Hall–Kier alpha value is -1.51. The number of fused-ring (bicyclic) bond motifs is 3. The van der Waals surface area contributed by atoms with Crippen molar-refractivity contribution in [2.24, 2.45) is 17.8 Å². The second kappa shape index (κ2) is 4.51. The summed E-state index contributed by atoms with van der Waals surface area (Å²) in [6.45, 7) is 2.20. The third-order valence-corrected chi connectivity index (χ3v) is 5.66. The van der Waals surface area contributed by atoms with Crippen LogP contribution in [0.25, 0.3) is 0 Å². The van der Waals surface area contributed by atoms with Crippen LogP contribution in [-0.4, -0.2) is 24.2 Å². The van der Waals surface area contributed by atoms with E-state index in [2.05, 4.69) is 4.90 Å². The Balaban J connectivity index is 1.54. The lowest BCUT2D eigenvalue weighted by atomic mass is 9.88. The second-order valence-corrected chi connectivity index (χ2v) is 6.78. The van der Waals surface area contributed by atoms with Gasteiger partial charge in [0.25, 0.3) is 0 Å². The molecule has 20 heavy (non-hydrogen) atoms. The molecule has 3 aliphatic rings. The standard InChI is InChI=1S/C17H21NO2/c19-17(20)14-4-3-12-5-6-18(16(12)9-14)10-15-8-11-1-2-13(15)7-11/h3-4,9,11,13,15H,1-2,5-8,10H2,(H,19,20). The zero-order valence-electron chi connectivity index (χ0n) is 11.7. The molecule has 1 aromatic rings. The number of aromatic carboxylic acids is 1. The van der Waals surface area contributed by atoms with E-state index in [0.29, 0.717) is 5.56 Å². The van der Waals surface area contributed by atoms with E-state index in [0.717, 1.165) is 37.3 Å². The smallest absolute Gasteiger partial charge is 0.335 e. The molecule has 2 saturated carbocycles. The van der Waals surface area contributed by atoms with Crippen molar-refractivity contribution in [2.45, 2.75) is 32.1 Å². The van der Waals surface area contributed by atoms with Gasteiger partial charge < -0.3 is 10.0 Å². The highest BCUT2D eigenvalue weighted by atomic mass is 16.4. The molecule has 1 aromatic carbocycles. The molecule has 1 aliphatic heterocycles. The van der Waals surface area contributed by atoms with Crippen LogP contribution < -0.4 is 4.90 Å². The first-order valence-corrected chi connectivity index (χ1v) is 7.82. The Labute approximate surface area is 119 Å². The van der Waals surface area contributed by atoms with E-state index in [9.17, 15) is 4.79 Å². The van der Waals surface area contributed by atoms with Crippen LogP contribution in [-0.2, 0) is 6.42 Å². The first-order chi connectivity index (χ1) is 9.70. The predicted octanol–water partition coefficient (Wildman–Crippen LogP) is 3.18. The highest BCUT2D eigenvalue weighted by Crippen LogP contribution is 2.49. The molecule has 2 bridgehead atoms. The Bertz CT molecular complexity index is 554. The fourth-order valence-electron chi connectivity index (χ4n) is 4.65. The van der Waals surface area contributed by atoms with E-state index in [1.165, 1.54) is 36.9 Å². The van der Waals surface area contributed by atoms with Crippen LogP contribution in [0.4, 0.5) is 5.69 Å². The average Bonchev–Trinajstić information content (AvgIpc) is 3.14. The minimum atomic E-state index is -0.820. The van der Waals surface area contributed by atoms with Gasteiger partial charge in [0.05, 0.1) is 5.56 Å². The van der Waals surface area contributed by atoms with E-state index in [4.69, 9.17) is 5.11 Å². The summed E-state index contributed by atoms with van der Waals surface area (Å²) >= 11 is 0. The maximum Gasteiger partial charge on any atom is 0.335 e. The molecule has 0 radical (unpaired) electrons. The summed E-state index contributed by atoms with van der Waals surface area (Å²) in [7, 11) is 0. The number of hydrogen-bond acceptors (Lipinski definition) is 2. The maximum atomic E-state index is 11.1. The van der Waals surface area contributed by atoms with Gasteiger partial charge in [0.2, 0.25) is 0 Å². The Morgan fingerprint density at radius 3 is 2.90 bits per heavy atom. The van der Waals surface area contributed by atoms with Crippen molar-refractivity contribution in [3.63, 3.8) is 0 Å². The van der Waals surface area contributed by atoms with E-state index in [1.54, 1.807) is 6.07 Å². The van der Waals surface area contributed by atoms with E-state index >= 15 is 0 Å².